The van der Waals surface area contributed by atoms with Crippen LogP contribution in [0.1, 0.15) is 46.5 Å². The topological polar surface area (TPSA) is 35.2 Å². The van der Waals surface area contributed by atoms with Gasteiger partial charge < -0.3 is 10.5 Å². The van der Waals surface area contributed by atoms with E-state index in [0.717, 1.165) is 18.9 Å². The van der Waals surface area contributed by atoms with Gasteiger partial charge in [0.25, 0.3) is 0 Å². The molecular weight excluding hydrogens is 174 g/mol. The molecule has 1 aliphatic heterocycles. The van der Waals surface area contributed by atoms with Gasteiger partial charge in [0.05, 0.1) is 6.10 Å². The molecule has 0 aromatic carbocycles. The lowest BCUT2D eigenvalue weighted by Gasteiger charge is -2.22. The molecule has 3 unspecified atom stereocenters. The average Bonchev–Trinajstić information content (AvgIpc) is 2.50. The fourth-order valence-corrected chi connectivity index (χ4v) is 2.19. The molecule has 0 amide bonds. The van der Waals surface area contributed by atoms with Crippen molar-refractivity contribution in [1.29, 1.82) is 0 Å². The first-order chi connectivity index (χ1) is 6.61. The van der Waals surface area contributed by atoms with Gasteiger partial charge in [0.15, 0.2) is 0 Å². The molecule has 0 bridgehead atoms. The van der Waals surface area contributed by atoms with Gasteiger partial charge in [-0.2, -0.15) is 0 Å². The van der Waals surface area contributed by atoms with Gasteiger partial charge in [-0.25, -0.2) is 0 Å². The zero-order valence-corrected chi connectivity index (χ0v) is 9.83. The van der Waals surface area contributed by atoms with Crippen LogP contribution in [0.15, 0.2) is 0 Å². The molecule has 1 aliphatic rings. The Morgan fingerprint density at radius 1 is 1.36 bits per heavy atom. The largest absolute Gasteiger partial charge is 0.376 e. The number of hydrogen-bond donors (Lipinski definition) is 1. The maximum Gasteiger partial charge on any atom is 0.0752 e. The van der Waals surface area contributed by atoms with E-state index in [2.05, 4.69) is 20.8 Å². The van der Waals surface area contributed by atoms with Gasteiger partial charge in [-0.15, -0.1) is 0 Å². The van der Waals surface area contributed by atoms with Crippen LogP contribution >= 0.6 is 0 Å². The number of hydrogen-bond acceptors (Lipinski definition) is 2. The Morgan fingerprint density at radius 3 is 2.57 bits per heavy atom. The summed E-state index contributed by atoms with van der Waals surface area (Å²) in [5.41, 5.74) is 6.13. The second kappa shape index (κ2) is 5.72. The molecule has 1 heterocycles. The molecule has 3 atom stereocenters. The predicted octanol–water partition coefficient (Wildman–Crippen LogP) is 2.57. The lowest BCUT2D eigenvalue weighted by atomic mass is 9.93. The second-order valence-corrected chi connectivity index (χ2v) is 5.09. The monoisotopic (exact) mass is 199 g/mol. The Kier molecular flexibility index (Phi) is 4.90. The molecule has 0 aliphatic carbocycles. The van der Waals surface area contributed by atoms with Crippen molar-refractivity contribution in [3.8, 4) is 0 Å². The van der Waals surface area contributed by atoms with Crippen LogP contribution in [0.2, 0.25) is 0 Å². The molecule has 0 aromatic rings. The van der Waals surface area contributed by atoms with Gasteiger partial charge in [-0.1, -0.05) is 33.6 Å². The molecule has 2 heteroatoms. The summed E-state index contributed by atoms with van der Waals surface area (Å²) >= 11 is 0. The molecule has 0 aromatic heterocycles. The number of rotatable bonds is 5. The van der Waals surface area contributed by atoms with E-state index in [1.54, 1.807) is 0 Å². The SMILES string of the molecule is CC(C)CCCC(N)C1OCCC1C. The average molecular weight is 199 g/mol. The summed E-state index contributed by atoms with van der Waals surface area (Å²) in [6, 6.07) is 0.256. The second-order valence-electron chi connectivity index (χ2n) is 5.09. The van der Waals surface area contributed by atoms with Gasteiger partial charge in [0, 0.05) is 12.6 Å². The predicted molar refractivity (Wildman–Crippen MR) is 60.2 cm³/mol. The van der Waals surface area contributed by atoms with Gasteiger partial charge in [-0.3, -0.25) is 0 Å². The van der Waals surface area contributed by atoms with E-state index in [4.69, 9.17) is 10.5 Å². The zero-order chi connectivity index (χ0) is 10.6. The van der Waals surface area contributed by atoms with Crippen molar-refractivity contribution in [1.82, 2.24) is 0 Å². The van der Waals surface area contributed by atoms with Gasteiger partial charge >= 0.3 is 0 Å². The highest BCUT2D eigenvalue weighted by molar-refractivity contribution is 4.82. The fourth-order valence-electron chi connectivity index (χ4n) is 2.19. The Hall–Kier alpha value is -0.0800. The standard InChI is InChI=1S/C12H25NO/c1-9(2)5-4-6-11(13)12-10(3)7-8-14-12/h9-12H,4-8,13H2,1-3H3. The molecule has 0 radical (unpaired) electrons. The molecular formula is C12H25NO. The molecule has 84 valence electrons. The maximum absolute atomic E-state index is 6.13. The summed E-state index contributed by atoms with van der Waals surface area (Å²) in [5.74, 6) is 1.45. The van der Waals surface area contributed by atoms with E-state index in [9.17, 15) is 0 Å². The summed E-state index contributed by atoms with van der Waals surface area (Å²) in [7, 11) is 0. The van der Waals surface area contributed by atoms with Gasteiger partial charge in [0.1, 0.15) is 0 Å². The molecule has 0 saturated carbocycles. The van der Waals surface area contributed by atoms with Crippen molar-refractivity contribution in [3.63, 3.8) is 0 Å². The third kappa shape index (κ3) is 3.58. The Bertz CT molecular complexity index is 158. The summed E-state index contributed by atoms with van der Waals surface area (Å²) in [5, 5.41) is 0. The van der Waals surface area contributed by atoms with Crippen LogP contribution < -0.4 is 5.73 Å². The molecule has 1 fully saturated rings. The van der Waals surface area contributed by atoms with Crippen molar-refractivity contribution in [3.05, 3.63) is 0 Å². The van der Waals surface area contributed by atoms with Crippen LogP contribution in [0.3, 0.4) is 0 Å². The Labute approximate surface area is 88.2 Å². The summed E-state index contributed by atoms with van der Waals surface area (Å²) < 4.78 is 5.66. The van der Waals surface area contributed by atoms with Crippen molar-refractivity contribution >= 4 is 0 Å². The van der Waals surface area contributed by atoms with Crippen molar-refractivity contribution in [2.24, 2.45) is 17.6 Å². The van der Waals surface area contributed by atoms with Gasteiger partial charge in [-0.05, 0) is 24.7 Å². The lowest BCUT2D eigenvalue weighted by Crippen LogP contribution is -2.37. The van der Waals surface area contributed by atoms with Crippen molar-refractivity contribution in [2.75, 3.05) is 6.61 Å². The fraction of sp³-hybridized carbons (Fsp3) is 1.00. The highest BCUT2D eigenvalue weighted by Crippen LogP contribution is 2.24. The molecule has 1 saturated heterocycles. The van der Waals surface area contributed by atoms with Crippen LogP contribution in [-0.4, -0.2) is 18.8 Å². The van der Waals surface area contributed by atoms with E-state index >= 15 is 0 Å². The maximum atomic E-state index is 6.13. The molecule has 14 heavy (non-hydrogen) atoms. The van der Waals surface area contributed by atoms with Crippen LogP contribution in [0, 0.1) is 11.8 Å². The minimum Gasteiger partial charge on any atom is -0.376 e. The van der Waals surface area contributed by atoms with Crippen molar-refractivity contribution < 1.29 is 4.74 Å². The molecule has 1 rings (SSSR count). The first-order valence-corrected chi connectivity index (χ1v) is 5.98. The number of nitrogens with two attached hydrogens (primary N) is 1. The van der Waals surface area contributed by atoms with Crippen LogP contribution in [0.5, 0.6) is 0 Å². The highest BCUT2D eigenvalue weighted by Gasteiger charge is 2.29. The first-order valence-electron chi connectivity index (χ1n) is 5.98. The van der Waals surface area contributed by atoms with Crippen LogP contribution in [-0.2, 0) is 4.74 Å². The lowest BCUT2D eigenvalue weighted by molar-refractivity contribution is 0.0692. The van der Waals surface area contributed by atoms with E-state index in [1.165, 1.54) is 19.3 Å². The number of ether oxygens (including phenoxy) is 1. The molecule has 2 nitrogen and oxygen atoms in total. The zero-order valence-electron chi connectivity index (χ0n) is 9.83. The summed E-state index contributed by atoms with van der Waals surface area (Å²) in [4.78, 5) is 0. The summed E-state index contributed by atoms with van der Waals surface area (Å²) in [6.45, 7) is 7.68. The third-order valence-corrected chi connectivity index (χ3v) is 3.19. The normalized spacial score (nSPS) is 29.8. The van der Waals surface area contributed by atoms with E-state index in [-0.39, 0.29) is 6.04 Å². The van der Waals surface area contributed by atoms with Crippen LogP contribution in [0.25, 0.3) is 0 Å². The van der Waals surface area contributed by atoms with E-state index in [0.29, 0.717) is 12.0 Å². The molecule has 0 spiro atoms. The summed E-state index contributed by atoms with van der Waals surface area (Å²) in [6.07, 6.45) is 5.15. The highest BCUT2D eigenvalue weighted by atomic mass is 16.5. The van der Waals surface area contributed by atoms with Crippen LogP contribution in [0.4, 0.5) is 0 Å². The van der Waals surface area contributed by atoms with Gasteiger partial charge in [0.2, 0.25) is 0 Å². The van der Waals surface area contributed by atoms with E-state index < -0.39 is 0 Å². The molecule has 2 N–H and O–H groups in total. The Morgan fingerprint density at radius 2 is 2.07 bits per heavy atom. The smallest absolute Gasteiger partial charge is 0.0752 e. The first kappa shape index (κ1) is 12.0. The third-order valence-electron chi connectivity index (χ3n) is 3.19. The minimum atomic E-state index is 0.256. The Balaban J connectivity index is 2.17. The van der Waals surface area contributed by atoms with Crippen molar-refractivity contribution in [2.45, 2.75) is 58.6 Å². The van der Waals surface area contributed by atoms with E-state index in [1.807, 2.05) is 0 Å². The quantitative estimate of drug-likeness (QED) is 0.738. The minimum absolute atomic E-state index is 0.256.